The van der Waals surface area contributed by atoms with E-state index in [0.29, 0.717) is 22.6 Å². The first-order valence-electron chi connectivity index (χ1n) is 11.7. The summed E-state index contributed by atoms with van der Waals surface area (Å²) in [7, 11) is 0. The van der Waals surface area contributed by atoms with Crippen LogP contribution in [0.4, 0.5) is 5.13 Å². The molecule has 0 saturated carbocycles. The van der Waals surface area contributed by atoms with E-state index in [2.05, 4.69) is 24.0 Å². The number of morpholine rings is 1. The van der Waals surface area contributed by atoms with Gasteiger partial charge in [-0.1, -0.05) is 36.5 Å². The molecule has 4 aromatic rings. The number of hydrogen-bond donors (Lipinski definition) is 0. The van der Waals surface area contributed by atoms with Crippen LogP contribution in [0.25, 0.3) is 21.2 Å². The number of aryl methyl sites for hydroxylation is 1. The molecule has 0 spiro atoms. The molecular weight excluding hydrogens is 450 g/mol. The Kier molecular flexibility index (Phi) is 6.71. The Morgan fingerprint density at radius 3 is 2.82 bits per heavy atom. The van der Waals surface area contributed by atoms with Crippen molar-refractivity contribution in [3.63, 3.8) is 0 Å². The molecule has 34 heavy (non-hydrogen) atoms. The highest BCUT2D eigenvalue weighted by Gasteiger charge is 2.25. The number of hydrogen-bond acceptors (Lipinski definition) is 7. The quantitative estimate of drug-likeness (QED) is 0.394. The number of benzene rings is 2. The number of rotatable bonds is 7. The topological polar surface area (TPSA) is 75.9 Å². The lowest BCUT2D eigenvalue weighted by atomic mass is 10.1. The zero-order chi connectivity index (χ0) is 23.5. The number of fused-ring (bicyclic) bond motifs is 2. The lowest BCUT2D eigenvalue weighted by Crippen LogP contribution is -2.40. The first-order valence-corrected chi connectivity index (χ1v) is 12.5. The predicted octanol–water partition coefficient (Wildman–Crippen LogP) is 4.33. The summed E-state index contributed by atoms with van der Waals surface area (Å²) < 4.78 is 12.1. The highest BCUT2D eigenvalue weighted by Crippen LogP contribution is 2.31. The Balaban J connectivity index is 1.47. The zero-order valence-corrected chi connectivity index (χ0v) is 20.0. The number of anilines is 1. The normalized spacial score (nSPS) is 14.6. The molecule has 1 fully saturated rings. The maximum atomic E-state index is 13.7. The van der Waals surface area contributed by atoms with E-state index >= 15 is 0 Å². The third kappa shape index (κ3) is 4.61. The molecule has 0 unspecified atom stereocenters. The largest absolute Gasteiger partial charge is 0.463 e. The van der Waals surface area contributed by atoms with Gasteiger partial charge in [-0.2, -0.15) is 0 Å². The van der Waals surface area contributed by atoms with Gasteiger partial charge in [-0.3, -0.25) is 19.4 Å². The van der Waals surface area contributed by atoms with E-state index in [1.807, 2.05) is 6.07 Å². The number of para-hydroxylation sites is 1. The standard InChI is InChI=1S/C26H27N3O4S/c1-2-18-8-9-21-23(16-18)34-26(27-21)29(11-5-10-28-12-14-32-15-13-28)25(31)20-17-33-22-7-4-3-6-19(22)24(20)30/h3-4,6-9,16-17H,2,5,10-15H2,1H3. The number of thiazole rings is 1. The first kappa shape index (κ1) is 22.7. The molecule has 7 nitrogen and oxygen atoms in total. The van der Waals surface area contributed by atoms with Crippen LogP contribution in [0.1, 0.15) is 29.3 Å². The summed E-state index contributed by atoms with van der Waals surface area (Å²) in [4.78, 5) is 35.5. The minimum absolute atomic E-state index is 0.0265. The van der Waals surface area contributed by atoms with E-state index in [9.17, 15) is 9.59 Å². The third-order valence-corrected chi connectivity index (χ3v) is 7.24. The van der Waals surface area contributed by atoms with E-state index in [-0.39, 0.29) is 16.9 Å². The van der Waals surface area contributed by atoms with Gasteiger partial charge in [0.15, 0.2) is 5.13 Å². The summed E-state index contributed by atoms with van der Waals surface area (Å²) in [5.41, 5.74) is 2.25. The molecule has 0 aliphatic carbocycles. The molecule has 3 heterocycles. The Morgan fingerprint density at radius 1 is 1.18 bits per heavy atom. The van der Waals surface area contributed by atoms with Gasteiger partial charge in [-0.05, 0) is 42.7 Å². The number of carbonyl (C=O) groups excluding carboxylic acids is 1. The van der Waals surface area contributed by atoms with Gasteiger partial charge in [0, 0.05) is 26.2 Å². The van der Waals surface area contributed by atoms with Crippen molar-refractivity contribution in [3.8, 4) is 0 Å². The zero-order valence-electron chi connectivity index (χ0n) is 19.2. The van der Waals surface area contributed by atoms with E-state index < -0.39 is 0 Å². The molecule has 0 atom stereocenters. The van der Waals surface area contributed by atoms with E-state index in [1.54, 1.807) is 29.2 Å². The van der Waals surface area contributed by atoms with E-state index in [1.165, 1.54) is 23.2 Å². The van der Waals surface area contributed by atoms with Gasteiger partial charge >= 0.3 is 0 Å². The number of carbonyl (C=O) groups is 1. The van der Waals surface area contributed by atoms with Gasteiger partial charge in [0.2, 0.25) is 5.43 Å². The summed E-state index contributed by atoms with van der Waals surface area (Å²) in [6, 6.07) is 13.2. The Morgan fingerprint density at radius 2 is 2.00 bits per heavy atom. The van der Waals surface area contributed by atoms with Crippen molar-refractivity contribution in [1.82, 2.24) is 9.88 Å². The number of ether oxygens (including phenoxy) is 1. The van der Waals surface area contributed by atoms with Crippen LogP contribution in [0.3, 0.4) is 0 Å². The Labute approximate surface area is 201 Å². The Bertz CT molecular complexity index is 1370. The van der Waals surface area contributed by atoms with Crippen LogP contribution >= 0.6 is 11.3 Å². The molecule has 0 N–H and O–H groups in total. The van der Waals surface area contributed by atoms with E-state index in [0.717, 1.165) is 55.9 Å². The number of aromatic nitrogens is 1. The maximum absolute atomic E-state index is 13.7. The second-order valence-electron chi connectivity index (χ2n) is 8.39. The van der Waals surface area contributed by atoms with E-state index in [4.69, 9.17) is 14.1 Å². The molecule has 1 amide bonds. The van der Waals surface area contributed by atoms with Crippen LogP contribution in [0.2, 0.25) is 0 Å². The fourth-order valence-electron chi connectivity index (χ4n) is 4.22. The molecule has 2 aromatic carbocycles. The van der Waals surface area contributed by atoms with Crippen LogP contribution < -0.4 is 10.3 Å². The van der Waals surface area contributed by atoms with Gasteiger partial charge in [0.25, 0.3) is 5.91 Å². The summed E-state index contributed by atoms with van der Waals surface area (Å²) in [5.74, 6) is -0.378. The second kappa shape index (κ2) is 10.0. The monoisotopic (exact) mass is 477 g/mol. The molecule has 0 radical (unpaired) electrons. The second-order valence-corrected chi connectivity index (χ2v) is 9.40. The summed E-state index contributed by atoms with van der Waals surface area (Å²) in [5, 5.41) is 1.00. The average molecular weight is 478 g/mol. The molecule has 1 aliphatic heterocycles. The van der Waals surface area contributed by atoms with Gasteiger partial charge in [0.1, 0.15) is 17.4 Å². The van der Waals surface area contributed by atoms with Gasteiger partial charge < -0.3 is 9.15 Å². The fourth-order valence-corrected chi connectivity index (χ4v) is 5.28. The highest BCUT2D eigenvalue weighted by molar-refractivity contribution is 7.22. The first-order chi connectivity index (χ1) is 16.6. The molecule has 176 valence electrons. The van der Waals surface area contributed by atoms with Crippen LogP contribution in [-0.2, 0) is 11.2 Å². The fraction of sp³-hybridized carbons (Fsp3) is 0.346. The number of nitrogens with zero attached hydrogens (tertiary/aromatic N) is 3. The van der Waals surface area contributed by atoms with Crippen LogP contribution in [-0.4, -0.2) is 55.2 Å². The molecule has 5 rings (SSSR count). The van der Waals surface area contributed by atoms with Crippen LogP contribution in [0.15, 0.2) is 57.9 Å². The van der Waals surface area contributed by atoms with Crippen LogP contribution in [0.5, 0.6) is 0 Å². The highest BCUT2D eigenvalue weighted by atomic mass is 32.1. The van der Waals surface area contributed by atoms with Crippen LogP contribution in [0, 0.1) is 0 Å². The number of amides is 1. The van der Waals surface area contributed by atoms with Crippen molar-refractivity contribution in [2.45, 2.75) is 19.8 Å². The summed E-state index contributed by atoms with van der Waals surface area (Å²) in [6.45, 7) is 6.68. The SMILES string of the molecule is CCc1ccc2nc(N(CCCN3CCOCC3)C(=O)c3coc4ccccc4c3=O)sc2c1. The van der Waals surface area contributed by atoms with Crippen molar-refractivity contribution in [1.29, 1.82) is 0 Å². The molecule has 0 bridgehead atoms. The minimum atomic E-state index is -0.378. The predicted molar refractivity (Wildman–Crippen MR) is 135 cm³/mol. The van der Waals surface area contributed by atoms with Crippen molar-refractivity contribution in [2.75, 3.05) is 44.3 Å². The molecule has 1 saturated heterocycles. The molecular formula is C26H27N3O4S. The average Bonchev–Trinajstić information content (AvgIpc) is 3.30. The van der Waals surface area contributed by atoms with Crippen molar-refractivity contribution in [2.24, 2.45) is 0 Å². The maximum Gasteiger partial charge on any atom is 0.267 e. The third-order valence-electron chi connectivity index (χ3n) is 6.20. The van der Waals surface area contributed by atoms with Gasteiger partial charge in [0.05, 0.1) is 28.8 Å². The lowest BCUT2D eigenvalue weighted by molar-refractivity contribution is 0.0376. The molecule has 8 heteroatoms. The van der Waals surface area contributed by atoms with Crippen molar-refractivity contribution >= 4 is 43.6 Å². The molecule has 1 aliphatic rings. The lowest BCUT2D eigenvalue weighted by Gasteiger charge is -2.27. The molecule has 2 aromatic heterocycles. The summed E-state index contributed by atoms with van der Waals surface area (Å²) in [6.07, 6.45) is 2.98. The van der Waals surface area contributed by atoms with Crippen molar-refractivity contribution < 1.29 is 13.9 Å². The summed E-state index contributed by atoms with van der Waals surface area (Å²) >= 11 is 1.48. The van der Waals surface area contributed by atoms with Gasteiger partial charge in [-0.15, -0.1) is 0 Å². The smallest absolute Gasteiger partial charge is 0.267 e. The Hall–Kier alpha value is -3.07. The minimum Gasteiger partial charge on any atom is -0.463 e. The van der Waals surface area contributed by atoms with Crippen molar-refractivity contribution in [3.05, 3.63) is 70.1 Å². The van der Waals surface area contributed by atoms with Gasteiger partial charge in [-0.25, -0.2) is 4.98 Å².